The van der Waals surface area contributed by atoms with Crippen molar-refractivity contribution in [3.05, 3.63) is 0 Å². The lowest BCUT2D eigenvalue weighted by molar-refractivity contribution is 0.121. The monoisotopic (exact) mass is 284 g/mol. The van der Waals surface area contributed by atoms with Crippen molar-refractivity contribution in [3.63, 3.8) is 0 Å². The number of nitrogens with zero attached hydrogens (tertiary/aromatic N) is 1. The van der Waals surface area contributed by atoms with Gasteiger partial charge >= 0.3 is 0 Å². The SMILES string of the molecule is CCCNC(C)(CO)CCN(C)C1CCC(CC)CC1. The van der Waals surface area contributed by atoms with Gasteiger partial charge in [0.15, 0.2) is 0 Å². The highest BCUT2D eigenvalue weighted by Crippen LogP contribution is 2.29. The van der Waals surface area contributed by atoms with E-state index in [9.17, 15) is 5.11 Å². The lowest BCUT2D eigenvalue weighted by Crippen LogP contribution is -2.49. The van der Waals surface area contributed by atoms with Crippen LogP contribution in [0.1, 0.15) is 65.7 Å². The van der Waals surface area contributed by atoms with Crippen molar-refractivity contribution in [1.82, 2.24) is 10.2 Å². The molecule has 1 aliphatic carbocycles. The van der Waals surface area contributed by atoms with Gasteiger partial charge in [0.05, 0.1) is 6.61 Å². The maximum atomic E-state index is 9.62. The van der Waals surface area contributed by atoms with E-state index in [1.165, 1.54) is 32.1 Å². The van der Waals surface area contributed by atoms with Gasteiger partial charge in [-0.05, 0) is 71.5 Å². The molecule has 120 valence electrons. The van der Waals surface area contributed by atoms with Crippen LogP contribution in [0.25, 0.3) is 0 Å². The highest BCUT2D eigenvalue weighted by Gasteiger charge is 2.26. The van der Waals surface area contributed by atoms with E-state index in [0.717, 1.165) is 37.9 Å². The van der Waals surface area contributed by atoms with E-state index in [0.29, 0.717) is 0 Å². The van der Waals surface area contributed by atoms with Crippen LogP contribution in [0.5, 0.6) is 0 Å². The molecule has 20 heavy (non-hydrogen) atoms. The zero-order chi connectivity index (χ0) is 15.0. The average molecular weight is 284 g/mol. The predicted molar refractivity (Wildman–Crippen MR) is 87.1 cm³/mol. The van der Waals surface area contributed by atoms with Gasteiger partial charge in [-0.1, -0.05) is 20.3 Å². The molecule has 0 spiro atoms. The molecular weight excluding hydrogens is 248 g/mol. The van der Waals surface area contributed by atoms with E-state index in [1.54, 1.807) is 0 Å². The average Bonchev–Trinajstić information content (AvgIpc) is 2.50. The van der Waals surface area contributed by atoms with Crippen LogP contribution in [0.2, 0.25) is 0 Å². The molecule has 1 aliphatic rings. The van der Waals surface area contributed by atoms with Crippen LogP contribution in [-0.4, -0.2) is 48.3 Å². The first-order valence-corrected chi connectivity index (χ1v) is 8.60. The minimum Gasteiger partial charge on any atom is -0.394 e. The molecule has 0 radical (unpaired) electrons. The fourth-order valence-electron chi connectivity index (χ4n) is 3.25. The standard InChI is InChI=1S/C17H36N2O/c1-5-12-18-17(3,14-20)11-13-19(4)16-9-7-15(6-2)8-10-16/h15-16,18,20H,5-14H2,1-4H3. The largest absolute Gasteiger partial charge is 0.394 e. The maximum absolute atomic E-state index is 9.62. The summed E-state index contributed by atoms with van der Waals surface area (Å²) in [5.74, 6) is 0.966. The molecule has 3 heteroatoms. The van der Waals surface area contributed by atoms with Crippen molar-refractivity contribution in [2.75, 3.05) is 26.7 Å². The lowest BCUT2D eigenvalue weighted by Gasteiger charge is -2.37. The first-order valence-electron chi connectivity index (χ1n) is 8.60. The quantitative estimate of drug-likeness (QED) is 0.683. The highest BCUT2D eigenvalue weighted by molar-refractivity contribution is 4.85. The lowest BCUT2D eigenvalue weighted by atomic mass is 9.84. The van der Waals surface area contributed by atoms with Crippen molar-refractivity contribution in [3.8, 4) is 0 Å². The summed E-state index contributed by atoms with van der Waals surface area (Å²) in [5.41, 5.74) is -0.120. The Morgan fingerprint density at radius 2 is 1.85 bits per heavy atom. The normalized spacial score (nSPS) is 26.7. The van der Waals surface area contributed by atoms with Crippen molar-refractivity contribution < 1.29 is 5.11 Å². The Bertz CT molecular complexity index is 251. The molecule has 0 heterocycles. The number of hydrogen-bond acceptors (Lipinski definition) is 3. The zero-order valence-corrected chi connectivity index (χ0v) is 14.1. The fraction of sp³-hybridized carbons (Fsp3) is 1.00. The number of rotatable bonds is 9. The van der Waals surface area contributed by atoms with Gasteiger partial charge in [-0.15, -0.1) is 0 Å². The first kappa shape index (κ1) is 17.9. The topological polar surface area (TPSA) is 35.5 Å². The summed E-state index contributed by atoms with van der Waals surface area (Å²) >= 11 is 0. The molecule has 1 unspecified atom stereocenters. The molecule has 0 saturated heterocycles. The predicted octanol–water partition coefficient (Wildman–Crippen LogP) is 3.03. The summed E-state index contributed by atoms with van der Waals surface area (Å²) in [6, 6.07) is 0.756. The van der Waals surface area contributed by atoms with E-state index >= 15 is 0 Å². The number of nitrogens with one attached hydrogen (secondary N) is 1. The smallest absolute Gasteiger partial charge is 0.0611 e. The summed E-state index contributed by atoms with van der Waals surface area (Å²) in [7, 11) is 2.26. The minimum atomic E-state index is -0.120. The summed E-state index contributed by atoms with van der Waals surface area (Å²) in [5, 5.41) is 13.1. The number of aliphatic hydroxyl groups excluding tert-OH is 1. The second kappa shape index (κ2) is 9.01. The van der Waals surface area contributed by atoms with Crippen molar-refractivity contribution >= 4 is 0 Å². The molecular formula is C17H36N2O. The molecule has 0 aromatic heterocycles. The molecule has 0 bridgehead atoms. The molecule has 0 aromatic carbocycles. The van der Waals surface area contributed by atoms with Crippen molar-refractivity contribution in [1.29, 1.82) is 0 Å². The van der Waals surface area contributed by atoms with Gasteiger partial charge in [-0.3, -0.25) is 0 Å². The summed E-state index contributed by atoms with van der Waals surface area (Å²) in [6.07, 6.45) is 8.99. The Labute approximate surface area is 126 Å². The number of hydrogen-bond donors (Lipinski definition) is 2. The molecule has 1 rings (SSSR count). The molecule has 3 nitrogen and oxygen atoms in total. The highest BCUT2D eigenvalue weighted by atomic mass is 16.3. The molecule has 1 fully saturated rings. The maximum Gasteiger partial charge on any atom is 0.0611 e. The fourth-order valence-corrected chi connectivity index (χ4v) is 3.25. The first-order chi connectivity index (χ1) is 9.54. The van der Waals surface area contributed by atoms with E-state index in [-0.39, 0.29) is 12.1 Å². The Hall–Kier alpha value is -0.120. The Balaban J connectivity index is 2.32. The van der Waals surface area contributed by atoms with Crippen LogP contribution in [-0.2, 0) is 0 Å². The van der Waals surface area contributed by atoms with Crippen LogP contribution < -0.4 is 5.32 Å². The Morgan fingerprint density at radius 1 is 1.20 bits per heavy atom. The van der Waals surface area contributed by atoms with Crippen LogP contribution in [0.4, 0.5) is 0 Å². The second-order valence-corrected chi connectivity index (χ2v) is 6.96. The third-order valence-corrected chi connectivity index (χ3v) is 5.18. The summed E-state index contributed by atoms with van der Waals surface area (Å²) in [6.45, 7) is 8.93. The van der Waals surface area contributed by atoms with Gasteiger partial charge in [-0.25, -0.2) is 0 Å². The van der Waals surface area contributed by atoms with Gasteiger partial charge in [-0.2, -0.15) is 0 Å². The van der Waals surface area contributed by atoms with E-state index in [4.69, 9.17) is 0 Å². The molecule has 1 atom stereocenters. The van der Waals surface area contributed by atoms with Crippen LogP contribution in [0, 0.1) is 5.92 Å². The molecule has 1 saturated carbocycles. The minimum absolute atomic E-state index is 0.120. The Morgan fingerprint density at radius 3 is 2.35 bits per heavy atom. The van der Waals surface area contributed by atoms with Crippen LogP contribution >= 0.6 is 0 Å². The van der Waals surface area contributed by atoms with Gasteiger partial charge in [0.2, 0.25) is 0 Å². The van der Waals surface area contributed by atoms with Gasteiger partial charge in [0.25, 0.3) is 0 Å². The third-order valence-electron chi connectivity index (χ3n) is 5.18. The van der Waals surface area contributed by atoms with Gasteiger partial charge in [0, 0.05) is 11.6 Å². The Kier molecular flexibility index (Phi) is 8.08. The molecule has 0 aromatic rings. The molecule has 0 aliphatic heterocycles. The van der Waals surface area contributed by atoms with Crippen LogP contribution in [0.15, 0.2) is 0 Å². The van der Waals surface area contributed by atoms with E-state index in [1.807, 2.05) is 0 Å². The number of aliphatic hydroxyl groups is 1. The van der Waals surface area contributed by atoms with Gasteiger partial charge < -0.3 is 15.3 Å². The van der Waals surface area contributed by atoms with E-state index < -0.39 is 0 Å². The second-order valence-electron chi connectivity index (χ2n) is 6.96. The van der Waals surface area contributed by atoms with Gasteiger partial charge in [0.1, 0.15) is 0 Å². The molecule has 2 N–H and O–H groups in total. The zero-order valence-electron chi connectivity index (χ0n) is 14.1. The summed E-state index contributed by atoms with van der Waals surface area (Å²) in [4.78, 5) is 2.52. The summed E-state index contributed by atoms with van der Waals surface area (Å²) < 4.78 is 0. The van der Waals surface area contributed by atoms with Crippen molar-refractivity contribution in [2.24, 2.45) is 5.92 Å². The molecule has 0 amide bonds. The third kappa shape index (κ3) is 5.71. The van der Waals surface area contributed by atoms with E-state index in [2.05, 4.69) is 38.0 Å². The van der Waals surface area contributed by atoms with Crippen molar-refractivity contribution in [2.45, 2.75) is 77.3 Å². The van der Waals surface area contributed by atoms with Crippen LogP contribution in [0.3, 0.4) is 0 Å².